The molecule has 0 radical (unpaired) electrons. The van der Waals surface area contributed by atoms with E-state index in [-0.39, 0.29) is 11.4 Å². The Morgan fingerprint density at radius 2 is 2.10 bits per heavy atom. The van der Waals surface area contributed by atoms with E-state index >= 15 is 0 Å². The molecule has 0 N–H and O–H groups in total. The van der Waals surface area contributed by atoms with Crippen LogP contribution < -0.4 is 0 Å². The lowest BCUT2D eigenvalue weighted by Gasteiger charge is -2.22. The molecule has 0 saturated heterocycles. The fourth-order valence-corrected chi connectivity index (χ4v) is 2.73. The minimum Gasteiger partial charge on any atom is -0.323 e. The first kappa shape index (κ1) is 14.8. The van der Waals surface area contributed by atoms with Crippen LogP contribution in [0.2, 0.25) is 0 Å². The van der Waals surface area contributed by atoms with Gasteiger partial charge in [-0.1, -0.05) is 6.07 Å². The highest BCUT2D eigenvalue weighted by atomic mass is 35.5. The first-order valence-electron chi connectivity index (χ1n) is 6.65. The molecular formula is C15H19ClN4. The van der Waals surface area contributed by atoms with E-state index in [1.807, 2.05) is 33.2 Å². The van der Waals surface area contributed by atoms with Gasteiger partial charge >= 0.3 is 0 Å². The van der Waals surface area contributed by atoms with E-state index in [4.69, 9.17) is 11.6 Å². The zero-order chi connectivity index (χ0) is 14.9. The van der Waals surface area contributed by atoms with E-state index in [2.05, 4.69) is 27.4 Å². The van der Waals surface area contributed by atoms with E-state index in [1.54, 1.807) is 6.07 Å². The summed E-state index contributed by atoms with van der Waals surface area (Å²) >= 11 is 6.28. The highest BCUT2D eigenvalue weighted by Gasteiger charge is 2.20. The van der Waals surface area contributed by atoms with Crippen molar-refractivity contribution in [3.05, 3.63) is 29.6 Å². The van der Waals surface area contributed by atoms with Crippen molar-refractivity contribution in [2.75, 3.05) is 20.6 Å². The first-order valence-corrected chi connectivity index (χ1v) is 7.09. The van der Waals surface area contributed by atoms with E-state index in [1.165, 1.54) is 0 Å². The number of imidazole rings is 1. The third kappa shape index (κ3) is 2.65. The van der Waals surface area contributed by atoms with Crippen LogP contribution in [-0.2, 0) is 0 Å². The molecule has 4 nitrogen and oxygen atoms in total. The van der Waals surface area contributed by atoms with Crippen molar-refractivity contribution < 1.29 is 0 Å². The molecule has 2 rings (SSSR count). The van der Waals surface area contributed by atoms with Gasteiger partial charge in [-0.25, -0.2) is 4.98 Å². The highest BCUT2D eigenvalue weighted by Crippen LogP contribution is 2.29. The predicted molar refractivity (Wildman–Crippen MR) is 82.0 cm³/mol. The van der Waals surface area contributed by atoms with Crippen LogP contribution in [0.15, 0.2) is 18.2 Å². The number of rotatable bonds is 4. The second-order valence-electron chi connectivity index (χ2n) is 5.35. The second-order valence-corrected chi connectivity index (χ2v) is 6.01. The van der Waals surface area contributed by atoms with Crippen molar-refractivity contribution in [3.8, 4) is 6.07 Å². The van der Waals surface area contributed by atoms with E-state index in [0.29, 0.717) is 5.56 Å². The Hall–Kier alpha value is -1.57. The topological polar surface area (TPSA) is 44.9 Å². The zero-order valence-electron chi connectivity index (χ0n) is 12.3. The van der Waals surface area contributed by atoms with Crippen LogP contribution in [0.4, 0.5) is 0 Å². The van der Waals surface area contributed by atoms with Crippen molar-refractivity contribution in [1.29, 1.82) is 5.26 Å². The van der Waals surface area contributed by atoms with Crippen molar-refractivity contribution in [1.82, 2.24) is 14.5 Å². The number of para-hydroxylation sites is 1. The van der Waals surface area contributed by atoms with Crippen LogP contribution >= 0.6 is 11.6 Å². The van der Waals surface area contributed by atoms with E-state index in [9.17, 15) is 5.26 Å². The zero-order valence-corrected chi connectivity index (χ0v) is 13.0. The molecule has 0 aliphatic rings. The lowest BCUT2D eigenvalue weighted by Crippen LogP contribution is -2.23. The smallest absolute Gasteiger partial charge is 0.128 e. The Morgan fingerprint density at radius 1 is 1.40 bits per heavy atom. The van der Waals surface area contributed by atoms with Crippen molar-refractivity contribution in [2.24, 2.45) is 0 Å². The molecule has 2 unspecified atom stereocenters. The van der Waals surface area contributed by atoms with Crippen molar-refractivity contribution in [3.63, 3.8) is 0 Å². The summed E-state index contributed by atoms with van der Waals surface area (Å²) in [5.41, 5.74) is 2.31. The Balaban J connectivity index is 2.67. The first-order chi connectivity index (χ1) is 9.45. The molecule has 0 bridgehead atoms. The third-order valence-corrected chi connectivity index (χ3v) is 3.49. The minimum absolute atomic E-state index is 0.196. The second kappa shape index (κ2) is 5.82. The van der Waals surface area contributed by atoms with Crippen LogP contribution in [0.5, 0.6) is 0 Å². The number of hydrogen-bond donors (Lipinski definition) is 0. The monoisotopic (exact) mass is 290 g/mol. The number of halogens is 1. The number of fused-ring (bicyclic) bond motifs is 1. The van der Waals surface area contributed by atoms with Gasteiger partial charge in [-0.05, 0) is 40.1 Å². The van der Waals surface area contributed by atoms with Crippen LogP contribution in [-0.4, -0.2) is 35.1 Å². The van der Waals surface area contributed by atoms with E-state index in [0.717, 1.165) is 23.4 Å². The molecule has 0 saturated carbocycles. The van der Waals surface area contributed by atoms with Gasteiger partial charge < -0.3 is 9.47 Å². The number of nitrogens with zero attached hydrogens (tertiary/aromatic N) is 4. The Bertz CT molecular complexity index is 652. The molecule has 0 amide bonds. The van der Waals surface area contributed by atoms with Gasteiger partial charge in [0.25, 0.3) is 0 Å². The number of alkyl halides is 1. The molecule has 0 spiro atoms. The largest absolute Gasteiger partial charge is 0.323 e. The van der Waals surface area contributed by atoms with E-state index < -0.39 is 0 Å². The summed E-state index contributed by atoms with van der Waals surface area (Å²) in [6, 6.07) is 8.12. The number of benzene rings is 1. The van der Waals surface area contributed by atoms with Gasteiger partial charge in [-0.2, -0.15) is 5.26 Å². The average Bonchev–Trinajstić information content (AvgIpc) is 2.77. The molecule has 2 atom stereocenters. The van der Waals surface area contributed by atoms with Crippen LogP contribution in [0, 0.1) is 11.3 Å². The fourth-order valence-electron chi connectivity index (χ4n) is 2.58. The fraction of sp³-hybridized carbons (Fsp3) is 0.467. The maximum atomic E-state index is 9.22. The summed E-state index contributed by atoms with van der Waals surface area (Å²) in [5.74, 6) is 0.818. The molecule has 0 aliphatic heterocycles. The van der Waals surface area contributed by atoms with Gasteiger partial charge in [0.2, 0.25) is 0 Å². The molecule has 1 aromatic carbocycles. The molecule has 1 heterocycles. The molecule has 106 valence electrons. The number of nitriles is 1. The summed E-state index contributed by atoms with van der Waals surface area (Å²) in [6.07, 6.45) is 0. The quantitative estimate of drug-likeness (QED) is 0.811. The normalized spacial score (nSPS) is 14.4. The molecule has 1 aromatic heterocycles. The predicted octanol–water partition coefficient (Wildman–Crippen LogP) is 3.33. The minimum atomic E-state index is -0.196. The summed E-state index contributed by atoms with van der Waals surface area (Å²) in [7, 11) is 4.08. The number of hydrogen-bond acceptors (Lipinski definition) is 3. The Kier molecular flexibility index (Phi) is 4.32. The van der Waals surface area contributed by atoms with Gasteiger partial charge in [0.05, 0.1) is 16.5 Å². The number of likely N-dealkylation sites (N-methyl/N-ethyl adjacent to an activating group) is 1. The van der Waals surface area contributed by atoms with Gasteiger partial charge in [-0.15, -0.1) is 11.6 Å². The Morgan fingerprint density at radius 3 is 2.65 bits per heavy atom. The van der Waals surface area contributed by atoms with Crippen LogP contribution in [0.3, 0.4) is 0 Å². The Labute approximate surface area is 124 Å². The summed E-state index contributed by atoms with van der Waals surface area (Å²) < 4.78 is 2.15. The molecule has 0 aliphatic carbocycles. The maximum Gasteiger partial charge on any atom is 0.128 e. The van der Waals surface area contributed by atoms with Gasteiger partial charge in [0.1, 0.15) is 17.4 Å². The third-order valence-electron chi connectivity index (χ3n) is 3.29. The lowest BCUT2D eigenvalue weighted by atomic mass is 10.2. The van der Waals surface area contributed by atoms with Gasteiger partial charge in [0, 0.05) is 12.6 Å². The molecular weight excluding hydrogens is 272 g/mol. The number of aromatic nitrogens is 2. The van der Waals surface area contributed by atoms with Gasteiger partial charge in [-0.3, -0.25) is 0 Å². The summed E-state index contributed by atoms with van der Waals surface area (Å²) in [5, 5.41) is 9.02. The van der Waals surface area contributed by atoms with Crippen molar-refractivity contribution >= 4 is 22.6 Å². The molecule has 0 fully saturated rings. The van der Waals surface area contributed by atoms with Crippen LogP contribution in [0.1, 0.15) is 36.7 Å². The molecule has 20 heavy (non-hydrogen) atoms. The standard InChI is InChI=1S/C15H19ClN4/c1-10(9-19(3)4)20-13-7-5-6-12(8-17)14(13)18-15(20)11(2)16/h5-7,10-11H,9H2,1-4H3. The molecule has 5 heteroatoms. The maximum absolute atomic E-state index is 9.22. The van der Waals surface area contributed by atoms with Crippen LogP contribution in [0.25, 0.3) is 11.0 Å². The average molecular weight is 291 g/mol. The SMILES string of the molecule is CC(Cl)c1nc2c(C#N)cccc2n1C(C)CN(C)C. The summed E-state index contributed by atoms with van der Waals surface area (Å²) in [6.45, 7) is 4.94. The summed E-state index contributed by atoms with van der Waals surface area (Å²) in [4.78, 5) is 6.73. The highest BCUT2D eigenvalue weighted by molar-refractivity contribution is 6.20. The molecule has 2 aromatic rings. The lowest BCUT2D eigenvalue weighted by molar-refractivity contribution is 0.336. The van der Waals surface area contributed by atoms with Gasteiger partial charge in [0.15, 0.2) is 0 Å². The van der Waals surface area contributed by atoms with Crippen molar-refractivity contribution in [2.45, 2.75) is 25.3 Å².